The van der Waals surface area contributed by atoms with Gasteiger partial charge < -0.3 is 9.32 Å². The minimum absolute atomic E-state index is 0.721. The van der Waals surface area contributed by atoms with Gasteiger partial charge in [-0.1, -0.05) is 109 Å². The Balaban J connectivity index is 1.30. The van der Waals surface area contributed by atoms with E-state index in [0.29, 0.717) is 0 Å². The normalized spacial score (nSPS) is 11.4. The van der Waals surface area contributed by atoms with Crippen molar-refractivity contribution >= 4 is 61.4 Å². The van der Waals surface area contributed by atoms with Gasteiger partial charge in [-0.15, -0.1) is 0 Å². The van der Waals surface area contributed by atoms with Gasteiger partial charge in [0.05, 0.1) is 5.69 Å². The maximum Gasteiger partial charge on any atom is 0.136 e. The highest BCUT2D eigenvalue weighted by atomic mass is 35.5. The van der Waals surface area contributed by atoms with Gasteiger partial charge in [-0.3, -0.25) is 0 Å². The third-order valence-electron chi connectivity index (χ3n) is 8.13. The Morgan fingerprint density at radius 3 is 1.84 bits per heavy atom. The van der Waals surface area contributed by atoms with Crippen LogP contribution in [0.5, 0.6) is 0 Å². The fourth-order valence-electron chi connectivity index (χ4n) is 6.08. The molecule has 1 heterocycles. The molecule has 8 aromatic rings. The van der Waals surface area contributed by atoms with E-state index in [0.717, 1.165) is 66.3 Å². The van der Waals surface area contributed by atoms with Crippen molar-refractivity contribution in [3.63, 3.8) is 0 Å². The van der Waals surface area contributed by atoms with E-state index >= 15 is 0 Å². The van der Waals surface area contributed by atoms with Gasteiger partial charge in [-0.25, -0.2) is 0 Å². The van der Waals surface area contributed by atoms with Crippen LogP contribution in [-0.2, 0) is 0 Å². The summed E-state index contributed by atoms with van der Waals surface area (Å²) in [5.74, 6) is 0. The summed E-state index contributed by atoms with van der Waals surface area (Å²) in [6, 6.07) is 55.1. The number of fused-ring (bicyclic) bond motifs is 4. The molecule has 0 unspecified atom stereocenters. The van der Waals surface area contributed by atoms with E-state index in [1.165, 1.54) is 10.8 Å². The third-order valence-corrected chi connectivity index (χ3v) is 8.38. The number of hydrogen-bond acceptors (Lipinski definition) is 2. The Morgan fingerprint density at radius 1 is 0.442 bits per heavy atom. The molecule has 0 saturated carbocycles. The molecule has 8 rings (SSSR count). The summed E-state index contributed by atoms with van der Waals surface area (Å²) in [6.45, 7) is 0. The maximum absolute atomic E-state index is 6.31. The Hall–Kier alpha value is -5.31. The van der Waals surface area contributed by atoms with Gasteiger partial charge in [0.25, 0.3) is 0 Å². The highest BCUT2D eigenvalue weighted by Crippen LogP contribution is 2.42. The Kier molecular flexibility index (Phi) is 6.21. The van der Waals surface area contributed by atoms with Crippen molar-refractivity contribution in [1.29, 1.82) is 0 Å². The zero-order valence-electron chi connectivity index (χ0n) is 23.2. The van der Waals surface area contributed by atoms with Crippen LogP contribution in [0.25, 0.3) is 55.0 Å². The predicted octanol–water partition coefficient (Wildman–Crippen LogP) is 12.2. The van der Waals surface area contributed by atoms with Crippen molar-refractivity contribution in [2.24, 2.45) is 0 Å². The zero-order chi connectivity index (χ0) is 28.8. The van der Waals surface area contributed by atoms with E-state index in [1.807, 2.05) is 24.3 Å². The third kappa shape index (κ3) is 4.53. The number of para-hydroxylation sites is 2. The molecule has 0 spiro atoms. The minimum Gasteiger partial charge on any atom is -0.456 e. The van der Waals surface area contributed by atoms with Crippen molar-refractivity contribution in [2.45, 2.75) is 0 Å². The first-order chi connectivity index (χ1) is 21.2. The molecule has 0 fully saturated rings. The minimum atomic E-state index is 0.721. The van der Waals surface area contributed by atoms with Gasteiger partial charge in [0.15, 0.2) is 0 Å². The van der Waals surface area contributed by atoms with Crippen LogP contribution in [0.4, 0.5) is 17.1 Å². The lowest BCUT2D eigenvalue weighted by atomic mass is 9.92. The summed E-state index contributed by atoms with van der Waals surface area (Å²) >= 11 is 6.28. The molecule has 0 atom stereocenters. The van der Waals surface area contributed by atoms with Gasteiger partial charge in [0.2, 0.25) is 0 Å². The summed E-state index contributed by atoms with van der Waals surface area (Å²) in [7, 11) is 0. The van der Waals surface area contributed by atoms with Crippen LogP contribution >= 0.6 is 11.6 Å². The monoisotopic (exact) mass is 571 g/mol. The molecule has 0 N–H and O–H groups in total. The van der Waals surface area contributed by atoms with Gasteiger partial charge in [0, 0.05) is 32.6 Å². The van der Waals surface area contributed by atoms with E-state index in [-0.39, 0.29) is 0 Å². The molecule has 0 bridgehead atoms. The van der Waals surface area contributed by atoms with Crippen LogP contribution in [0.3, 0.4) is 0 Å². The van der Waals surface area contributed by atoms with Crippen molar-refractivity contribution in [1.82, 2.24) is 0 Å². The number of anilines is 3. The van der Waals surface area contributed by atoms with E-state index in [2.05, 4.69) is 138 Å². The quantitative estimate of drug-likeness (QED) is 0.204. The Morgan fingerprint density at radius 2 is 1.05 bits per heavy atom. The largest absolute Gasteiger partial charge is 0.456 e. The van der Waals surface area contributed by atoms with Gasteiger partial charge in [-0.05, 0) is 88.3 Å². The molecule has 1 aromatic heterocycles. The zero-order valence-corrected chi connectivity index (χ0v) is 24.0. The summed E-state index contributed by atoms with van der Waals surface area (Å²) in [4.78, 5) is 2.33. The van der Waals surface area contributed by atoms with Crippen molar-refractivity contribution in [3.8, 4) is 22.3 Å². The maximum atomic E-state index is 6.31. The lowest BCUT2D eigenvalue weighted by Crippen LogP contribution is -2.10. The highest BCUT2D eigenvalue weighted by Gasteiger charge is 2.17. The molecule has 7 aromatic carbocycles. The standard InChI is InChI=1S/C40H26ClNO/c41-30-21-17-28(18-22-30)35-25-37-34-14-6-7-16-39(34)43-40(37)26-36(35)29-19-23-32(24-20-29)42(31-11-2-1-3-12-31)38-15-8-10-27-9-4-5-13-33(27)38/h1-26H. The van der Waals surface area contributed by atoms with Crippen LogP contribution in [0.2, 0.25) is 5.02 Å². The molecular formula is C40H26ClNO. The summed E-state index contributed by atoms with van der Waals surface area (Å²) in [6.07, 6.45) is 0. The van der Waals surface area contributed by atoms with Gasteiger partial charge in [-0.2, -0.15) is 0 Å². The van der Waals surface area contributed by atoms with Crippen molar-refractivity contribution < 1.29 is 4.42 Å². The topological polar surface area (TPSA) is 16.4 Å². The first kappa shape index (κ1) is 25.4. The number of benzene rings is 7. The number of furan rings is 1. The SMILES string of the molecule is Clc1ccc(-c2cc3c(cc2-c2ccc(N(c4ccccc4)c4cccc5ccccc45)cc2)oc2ccccc23)cc1. The first-order valence-corrected chi connectivity index (χ1v) is 14.8. The van der Waals surface area contributed by atoms with Gasteiger partial charge >= 0.3 is 0 Å². The fourth-order valence-corrected chi connectivity index (χ4v) is 6.20. The molecule has 3 heteroatoms. The van der Waals surface area contributed by atoms with E-state index in [4.69, 9.17) is 16.0 Å². The molecule has 0 radical (unpaired) electrons. The fraction of sp³-hybridized carbons (Fsp3) is 0. The van der Waals surface area contributed by atoms with Crippen molar-refractivity contribution in [2.75, 3.05) is 4.90 Å². The Labute approximate surface area is 255 Å². The first-order valence-electron chi connectivity index (χ1n) is 14.4. The molecule has 0 aliphatic rings. The molecule has 43 heavy (non-hydrogen) atoms. The molecular weight excluding hydrogens is 546 g/mol. The molecule has 204 valence electrons. The van der Waals surface area contributed by atoms with E-state index in [9.17, 15) is 0 Å². The average molecular weight is 572 g/mol. The highest BCUT2D eigenvalue weighted by molar-refractivity contribution is 6.30. The number of halogens is 1. The van der Waals surface area contributed by atoms with Crippen LogP contribution in [-0.4, -0.2) is 0 Å². The summed E-state index contributed by atoms with van der Waals surface area (Å²) < 4.78 is 6.31. The predicted molar refractivity (Wildman–Crippen MR) is 182 cm³/mol. The van der Waals surface area contributed by atoms with Crippen LogP contribution < -0.4 is 4.90 Å². The second-order valence-electron chi connectivity index (χ2n) is 10.7. The van der Waals surface area contributed by atoms with E-state index in [1.54, 1.807) is 0 Å². The number of hydrogen-bond donors (Lipinski definition) is 0. The molecule has 2 nitrogen and oxygen atoms in total. The molecule has 0 aliphatic heterocycles. The van der Waals surface area contributed by atoms with Crippen LogP contribution in [0.1, 0.15) is 0 Å². The second-order valence-corrected chi connectivity index (χ2v) is 11.2. The molecule has 0 amide bonds. The lowest BCUT2D eigenvalue weighted by molar-refractivity contribution is 0.669. The number of nitrogens with zero attached hydrogens (tertiary/aromatic N) is 1. The second kappa shape index (κ2) is 10.5. The van der Waals surface area contributed by atoms with E-state index < -0.39 is 0 Å². The van der Waals surface area contributed by atoms with Gasteiger partial charge in [0.1, 0.15) is 11.2 Å². The van der Waals surface area contributed by atoms with Crippen molar-refractivity contribution in [3.05, 3.63) is 163 Å². The summed E-state index contributed by atoms with van der Waals surface area (Å²) in [5, 5.41) is 5.36. The average Bonchev–Trinajstić information content (AvgIpc) is 3.43. The van der Waals surface area contributed by atoms with Crippen LogP contribution in [0.15, 0.2) is 162 Å². The molecule has 0 saturated heterocycles. The lowest BCUT2D eigenvalue weighted by Gasteiger charge is -2.27. The number of rotatable bonds is 5. The molecule has 0 aliphatic carbocycles. The Bertz CT molecular complexity index is 2230. The smallest absolute Gasteiger partial charge is 0.136 e. The van der Waals surface area contributed by atoms with Crippen LogP contribution in [0, 0.1) is 0 Å². The summed E-state index contributed by atoms with van der Waals surface area (Å²) in [5.41, 5.74) is 9.57.